The molecule has 162 valence electrons. The van der Waals surface area contributed by atoms with Gasteiger partial charge in [0.25, 0.3) is 0 Å². The van der Waals surface area contributed by atoms with Crippen LogP contribution in [0.2, 0.25) is 0 Å². The number of rotatable bonds is 12. The SMILES string of the molecule is C=CCn1c(CCCCC(=O)NCc2ccccc2)nnc1SCc1cccc(C)c1. The number of aryl methyl sites for hydroxylation is 2. The third-order valence-corrected chi connectivity index (χ3v) is 5.98. The summed E-state index contributed by atoms with van der Waals surface area (Å²) in [6.45, 7) is 7.25. The number of unbranched alkanes of at least 4 members (excludes halogenated alkanes) is 1. The first-order valence-electron chi connectivity index (χ1n) is 10.7. The average Bonchev–Trinajstić information content (AvgIpc) is 3.16. The van der Waals surface area contributed by atoms with E-state index in [0.717, 1.165) is 41.6 Å². The fourth-order valence-electron chi connectivity index (χ4n) is 3.33. The summed E-state index contributed by atoms with van der Waals surface area (Å²) in [6.07, 6.45) is 4.93. The molecule has 3 aromatic rings. The smallest absolute Gasteiger partial charge is 0.220 e. The molecule has 1 N–H and O–H groups in total. The first-order valence-corrected chi connectivity index (χ1v) is 11.7. The lowest BCUT2D eigenvalue weighted by molar-refractivity contribution is -0.121. The van der Waals surface area contributed by atoms with Gasteiger partial charge < -0.3 is 9.88 Å². The van der Waals surface area contributed by atoms with E-state index in [2.05, 4.69) is 57.8 Å². The number of nitrogens with one attached hydrogen (secondary N) is 1. The summed E-state index contributed by atoms with van der Waals surface area (Å²) in [6, 6.07) is 18.5. The van der Waals surface area contributed by atoms with Crippen LogP contribution in [0.25, 0.3) is 0 Å². The van der Waals surface area contributed by atoms with E-state index in [1.54, 1.807) is 11.8 Å². The van der Waals surface area contributed by atoms with Gasteiger partial charge in [0, 0.05) is 31.7 Å². The summed E-state index contributed by atoms with van der Waals surface area (Å²) in [7, 11) is 0. The molecule has 1 aromatic heterocycles. The molecular formula is C25H30N4OS. The highest BCUT2D eigenvalue weighted by Crippen LogP contribution is 2.23. The monoisotopic (exact) mass is 434 g/mol. The van der Waals surface area contributed by atoms with Gasteiger partial charge in [-0.1, -0.05) is 78.0 Å². The molecule has 0 radical (unpaired) electrons. The molecular weight excluding hydrogens is 404 g/mol. The Morgan fingerprint density at radius 3 is 2.68 bits per heavy atom. The van der Waals surface area contributed by atoms with Crippen molar-refractivity contribution in [1.29, 1.82) is 0 Å². The number of hydrogen-bond donors (Lipinski definition) is 1. The molecule has 0 saturated carbocycles. The number of amides is 1. The topological polar surface area (TPSA) is 59.8 Å². The van der Waals surface area contributed by atoms with Gasteiger partial charge in [0.05, 0.1) is 0 Å². The van der Waals surface area contributed by atoms with Gasteiger partial charge in [0.2, 0.25) is 5.91 Å². The Kier molecular flexibility index (Phi) is 8.91. The highest BCUT2D eigenvalue weighted by atomic mass is 32.2. The zero-order chi connectivity index (χ0) is 21.9. The maximum atomic E-state index is 12.1. The van der Waals surface area contributed by atoms with E-state index < -0.39 is 0 Å². The molecule has 6 heteroatoms. The minimum atomic E-state index is 0.0887. The van der Waals surface area contributed by atoms with Crippen molar-refractivity contribution < 1.29 is 4.79 Å². The van der Waals surface area contributed by atoms with Gasteiger partial charge in [0.15, 0.2) is 5.16 Å². The quantitative estimate of drug-likeness (QED) is 0.245. The van der Waals surface area contributed by atoms with E-state index in [-0.39, 0.29) is 5.91 Å². The van der Waals surface area contributed by atoms with Crippen LogP contribution in [-0.2, 0) is 30.1 Å². The number of hydrogen-bond acceptors (Lipinski definition) is 4. The summed E-state index contributed by atoms with van der Waals surface area (Å²) in [5.74, 6) is 1.90. The fraction of sp³-hybridized carbons (Fsp3) is 0.320. The lowest BCUT2D eigenvalue weighted by Crippen LogP contribution is -2.22. The normalized spacial score (nSPS) is 10.7. The summed E-state index contributed by atoms with van der Waals surface area (Å²) in [5, 5.41) is 12.7. The van der Waals surface area contributed by atoms with Crippen molar-refractivity contribution in [2.75, 3.05) is 0 Å². The molecule has 0 unspecified atom stereocenters. The van der Waals surface area contributed by atoms with E-state index in [1.807, 2.05) is 36.4 Å². The van der Waals surface area contributed by atoms with E-state index in [1.165, 1.54) is 11.1 Å². The Balaban J connectivity index is 1.45. The predicted octanol–water partition coefficient (Wildman–Crippen LogP) is 5.09. The second kappa shape index (κ2) is 12.1. The summed E-state index contributed by atoms with van der Waals surface area (Å²) < 4.78 is 2.13. The van der Waals surface area contributed by atoms with Gasteiger partial charge in [-0.3, -0.25) is 4.79 Å². The van der Waals surface area contributed by atoms with Crippen LogP contribution in [0.3, 0.4) is 0 Å². The third-order valence-electron chi connectivity index (χ3n) is 4.94. The van der Waals surface area contributed by atoms with Gasteiger partial charge in [-0.05, 0) is 30.9 Å². The van der Waals surface area contributed by atoms with E-state index in [9.17, 15) is 4.79 Å². The Bertz CT molecular complexity index is 984. The molecule has 0 aliphatic heterocycles. The number of carbonyl (C=O) groups is 1. The van der Waals surface area contributed by atoms with Gasteiger partial charge >= 0.3 is 0 Å². The molecule has 1 heterocycles. The number of benzene rings is 2. The Labute approximate surface area is 189 Å². The van der Waals surface area contributed by atoms with Crippen LogP contribution in [0.5, 0.6) is 0 Å². The number of allylic oxidation sites excluding steroid dienone is 1. The zero-order valence-electron chi connectivity index (χ0n) is 18.1. The molecule has 0 fully saturated rings. The second-order valence-corrected chi connectivity index (χ2v) is 8.49. The number of carbonyl (C=O) groups excluding carboxylic acids is 1. The van der Waals surface area contributed by atoms with Crippen molar-refractivity contribution in [1.82, 2.24) is 20.1 Å². The Hall–Kier alpha value is -2.86. The first kappa shape index (κ1) is 22.8. The molecule has 0 spiro atoms. The largest absolute Gasteiger partial charge is 0.352 e. The van der Waals surface area contributed by atoms with E-state index in [4.69, 9.17) is 0 Å². The zero-order valence-corrected chi connectivity index (χ0v) is 18.9. The lowest BCUT2D eigenvalue weighted by Gasteiger charge is -2.08. The van der Waals surface area contributed by atoms with Crippen LogP contribution in [0.4, 0.5) is 0 Å². The van der Waals surface area contributed by atoms with Crippen molar-refractivity contribution in [3.8, 4) is 0 Å². The minimum absolute atomic E-state index is 0.0887. The standard InChI is InChI=1S/C25H30N4OS/c1-3-16-29-23(27-28-25(29)31-19-22-13-9-10-20(2)17-22)14-7-8-15-24(30)26-18-21-11-5-4-6-12-21/h3-6,9-13,17H,1,7-8,14-16,18-19H2,2H3,(H,26,30). The molecule has 3 rings (SSSR count). The summed E-state index contributed by atoms with van der Waals surface area (Å²) in [4.78, 5) is 12.1. The van der Waals surface area contributed by atoms with Gasteiger partial charge in [-0.2, -0.15) is 0 Å². The molecule has 0 saturated heterocycles. The van der Waals surface area contributed by atoms with Gasteiger partial charge in [0.1, 0.15) is 5.82 Å². The van der Waals surface area contributed by atoms with Crippen LogP contribution in [0, 0.1) is 6.92 Å². The fourth-order valence-corrected chi connectivity index (χ4v) is 4.24. The summed E-state index contributed by atoms with van der Waals surface area (Å²) in [5.41, 5.74) is 3.66. The van der Waals surface area contributed by atoms with E-state index >= 15 is 0 Å². The van der Waals surface area contributed by atoms with Crippen LogP contribution in [-0.4, -0.2) is 20.7 Å². The molecule has 0 atom stereocenters. The molecule has 0 aliphatic carbocycles. The lowest BCUT2D eigenvalue weighted by atomic mass is 10.1. The van der Waals surface area contributed by atoms with Gasteiger partial charge in [-0.25, -0.2) is 0 Å². The maximum absolute atomic E-state index is 12.1. The number of thioether (sulfide) groups is 1. The van der Waals surface area contributed by atoms with Gasteiger partial charge in [-0.15, -0.1) is 16.8 Å². The molecule has 5 nitrogen and oxygen atoms in total. The van der Waals surface area contributed by atoms with E-state index in [0.29, 0.717) is 19.5 Å². The van der Waals surface area contributed by atoms with Crippen molar-refractivity contribution in [2.45, 2.75) is 56.6 Å². The summed E-state index contributed by atoms with van der Waals surface area (Å²) >= 11 is 1.70. The molecule has 0 bridgehead atoms. The van der Waals surface area contributed by atoms with Crippen LogP contribution >= 0.6 is 11.8 Å². The molecule has 1 amide bonds. The van der Waals surface area contributed by atoms with Crippen LogP contribution in [0.15, 0.2) is 72.4 Å². The maximum Gasteiger partial charge on any atom is 0.220 e. The molecule has 2 aromatic carbocycles. The average molecular weight is 435 g/mol. The van der Waals surface area contributed by atoms with Crippen molar-refractivity contribution in [3.63, 3.8) is 0 Å². The predicted molar refractivity (Wildman–Crippen MR) is 127 cm³/mol. The Morgan fingerprint density at radius 2 is 1.90 bits per heavy atom. The number of nitrogens with zero attached hydrogens (tertiary/aromatic N) is 3. The molecule has 0 aliphatic rings. The highest BCUT2D eigenvalue weighted by Gasteiger charge is 2.12. The molecule has 31 heavy (non-hydrogen) atoms. The first-order chi connectivity index (χ1) is 15.2. The minimum Gasteiger partial charge on any atom is -0.352 e. The Morgan fingerprint density at radius 1 is 1.10 bits per heavy atom. The van der Waals surface area contributed by atoms with Crippen LogP contribution in [0.1, 0.15) is 41.8 Å². The van der Waals surface area contributed by atoms with Crippen molar-refractivity contribution in [3.05, 3.63) is 89.8 Å². The van der Waals surface area contributed by atoms with Crippen molar-refractivity contribution >= 4 is 17.7 Å². The number of aromatic nitrogens is 3. The third kappa shape index (κ3) is 7.40. The van der Waals surface area contributed by atoms with Crippen LogP contribution < -0.4 is 5.32 Å². The highest BCUT2D eigenvalue weighted by molar-refractivity contribution is 7.98. The second-order valence-electron chi connectivity index (χ2n) is 7.55. The van der Waals surface area contributed by atoms with Crippen molar-refractivity contribution in [2.24, 2.45) is 0 Å².